The number of tetrazole rings is 1. The Morgan fingerprint density at radius 3 is 2.91 bits per heavy atom. The van der Waals surface area contributed by atoms with Crippen molar-refractivity contribution in [1.82, 2.24) is 40.1 Å². The van der Waals surface area contributed by atoms with Crippen molar-refractivity contribution in [3.8, 4) is 5.75 Å². The molecule has 0 spiro atoms. The number of rotatable bonds is 8. The molecular formula is C24H32N8O2. The van der Waals surface area contributed by atoms with Crippen LogP contribution in [0.25, 0.3) is 22.1 Å². The van der Waals surface area contributed by atoms with E-state index in [1.165, 1.54) is 12.8 Å². The Morgan fingerprint density at radius 2 is 2.06 bits per heavy atom. The molecule has 1 aromatic carbocycles. The maximum absolute atomic E-state index is 11.5. The Kier molecular flexibility index (Phi) is 6.32. The Balaban J connectivity index is 1.25. The average Bonchev–Trinajstić information content (AvgIpc) is 3.41. The molecule has 10 nitrogen and oxygen atoms in total. The molecule has 2 unspecified atom stereocenters. The van der Waals surface area contributed by atoms with E-state index in [2.05, 4.69) is 56.1 Å². The second-order valence-corrected chi connectivity index (χ2v) is 9.69. The van der Waals surface area contributed by atoms with E-state index < -0.39 is 0 Å². The van der Waals surface area contributed by atoms with Gasteiger partial charge < -0.3 is 9.72 Å². The highest BCUT2D eigenvalue weighted by Crippen LogP contribution is 2.28. The zero-order chi connectivity index (χ0) is 23.7. The smallest absolute Gasteiger partial charge is 0.325 e. The summed E-state index contributed by atoms with van der Waals surface area (Å²) in [7, 11) is 0. The van der Waals surface area contributed by atoms with Crippen LogP contribution >= 0.6 is 0 Å². The predicted octanol–water partition coefficient (Wildman–Crippen LogP) is 3.43. The fraction of sp³-hybridized carbons (Fsp3) is 0.542. The van der Waals surface area contributed by atoms with Crippen LogP contribution in [0.15, 0.2) is 29.1 Å². The summed E-state index contributed by atoms with van der Waals surface area (Å²) in [6, 6.07) is 7.70. The number of aryl methyl sites for hydroxylation is 1. The monoisotopic (exact) mass is 464 g/mol. The second-order valence-electron chi connectivity index (χ2n) is 9.69. The van der Waals surface area contributed by atoms with Gasteiger partial charge in [0.1, 0.15) is 11.9 Å². The van der Waals surface area contributed by atoms with Gasteiger partial charge in [-0.3, -0.25) is 9.88 Å². The minimum Gasteiger partial charge on any atom is -0.491 e. The lowest BCUT2D eigenvalue weighted by Crippen LogP contribution is -2.40. The van der Waals surface area contributed by atoms with Crippen molar-refractivity contribution in [2.45, 2.75) is 65.1 Å². The molecule has 0 aliphatic carbocycles. The van der Waals surface area contributed by atoms with E-state index in [9.17, 15) is 4.79 Å². The lowest BCUT2D eigenvalue weighted by atomic mass is 10.1. The van der Waals surface area contributed by atoms with Crippen LogP contribution in [0.1, 0.15) is 58.4 Å². The van der Waals surface area contributed by atoms with Gasteiger partial charge in [-0.1, -0.05) is 13.8 Å². The van der Waals surface area contributed by atoms with Crippen molar-refractivity contribution >= 4 is 22.1 Å². The molecule has 2 atom stereocenters. The maximum atomic E-state index is 11.5. The molecule has 1 fully saturated rings. The molecule has 180 valence electrons. The molecule has 0 amide bonds. The normalized spacial score (nSPS) is 18.2. The molecule has 34 heavy (non-hydrogen) atoms. The van der Waals surface area contributed by atoms with E-state index in [-0.39, 0.29) is 18.0 Å². The highest BCUT2D eigenvalue weighted by Gasteiger charge is 2.27. The summed E-state index contributed by atoms with van der Waals surface area (Å²) in [6.07, 6.45) is 5.31. The molecule has 2 N–H and O–H groups in total. The molecule has 4 aromatic rings. The number of fused-ring (bicyclic) bond motifs is 2. The van der Waals surface area contributed by atoms with Crippen molar-refractivity contribution < 1.29 is 4.74 Å². The number of hydrogen-bond acceptors (Lipinski definition) is 7. The quantitative estimate of drug-likeness (QED) is 0.410. The van der Waals surface area contributed by atoms with Gasteiger partial charge in [-0.05, 0) is 73.2 Å². The summed E-state index contributed by atoms with van der Waals surface area (Å²) in [5.74, 6) is 2.30. The number of pyridine rings is 1. The van der Waals surface area contributed by atoms with E-state index in [0.29, 0.717) is 17.1 Å². The Bertz CT molecular complexity index is 1320. The minimum atomic E-state index is -0.259. The molecule has 4 heterocycles. The summed E-state index contributed by atoms with van der Waals surface area (Å²) in [5, 5.41) is 13.6. The van der Waals surface area contributed by atoms with Gasteiger partial charge in [0.2, 0.25) is 0 Å². The molecule has 5 rings (SSSR count). The van der Waals surface area contributed by atoms with E-state index in [4.69, 9.17) is 4.74 Å². The molecule has 0 saturated carbocycles. The number of aromatic amines is 2. The molecule has 3 aromatic heterocycles. The second kappa shape index (κ2) is 9.54. The zero-order valence-corrected chi connectivity index (χ0v) is 20.0. The van der Waals surface area contributed by atoms with E-state index in [1.807, 2.05) is 28.9 Å². The maximum Gasteiger partial charge on any atom is 0.325 e. The number of aromatic nitrogens is 7. The number of likely N-dealkylation sites (tertiary alicyclic amines) is 1. The third-order valence-electron chi connectivity index (χ3n) is 6.40. The van der Waals surface area contributed by atoms with Gasteiger partial charge >= 0.3 is 5.69 Å². The number of benzene rings is 1. The number of imidazole rings is 1. The molecule has 0 radical (unpaired) electrons. The third-order valence-corrected chi connectivity index (χ3v) is 6.40. The van der Waals surface area contributed by atoms with Crippen molar-refractivity contribution in [2.24, 2.45) is 5.92 Å². The van der Waals surface area contributed by atoms with Gasteiger partial charge in [-0.25, -0.2) is 14.5 Å². The fourth-order valence-electron chi connectivity index (χ4n) is 4.84. The summed E-state index contributed by atoms with van der Waals surface area (Å²) < 4.78 is 8.23. The van der Waals surface area contributed by atoms with Crippen LogP contribution in [-0.4, -0.2) is 59.3 Å². The number of H-pyrrole nitrogens is 2. The first-order valence-electron chi connectivity index (χ1n) is 12.2. The highest BCUT2D eigenvalue weighted by molar-refractivity contribution is 5.89. The van der Waals surface area contributed by atoms with Crippen LogP contribution in [0.5, 0.6) is 5.75 Å². The van der Waals surface area contributed by atoms with Gasteiger partial charge in [0.15, 0.2) is 11.5 Å². The number of nitrogens with one attached hydrogen (secondary N) is 2. The summed E-state index contributed by atoms with van der Waals surface area (Å²) in [6.45, 7) is 8.74. The molecule has 1 aliphatic rings. The van der Waals surface area contributed by atoms with Crippen LogP contribution in [0, 0.1) is 5.92 Å². The SMILES string of the molecule is CC(C)CN1CCCCC1n1nnnc1CCC(C)Oc1ccc2nc3[nH]c(=O)[nH]c3cc2c1. The summed E-state index contributed by atoms with van der Waals surface area (Å²) >= 11 is 0. The first-order valence-corrected chi connectivity index (χ1v) is 12.2. The Hall–Kier alpha value is -3.27. The number of nitrogens with zero attached hydrogens (tertiary/aromatic N) is 6. The van der Waals surface area contributed by atoms with E-state index in [1.54, 1.807) is 0 Å². The zero-order valence-electron chi connectivity index (χ0n) is 20.0. The van der Waals surface area contributed by atoms with Crippen molar-refractivity contribution in [1.29, 1.82) is 0 Å². The molecular weight excluding hydrogens is 432 g/mol. The average molecular weight is 465 g/mol. The first-order chi connectivity index (χ1) is 16.5. The first kappa shape index (κ1) is 22.5. The molecule has 10 heteroatoms. The predicted molar refractivity (Wildman–Crippen MR) is 130 cm³/mol. The van der Waals surface area contributed by atoms with Crippen molar-refractivity contribution in [3.63, 3.8) is 0 Å². The summed E-state index contributed by atoms with van der Waals surface area (Å²) in [4.78, 5) is 24.0. The van der Waals surface area contributed by atoms with Crippen LogP contribution in [-0.2, 0) is 6.42 Å². The number of hydrogen-bond donors (Lipinski definition) is 2. The van der Waals surface area contributed by atoms with Gasteiger partial charge in [-0.15, -0.1) is 5.10 Å². The standard InChI is InChI=1S/C24H32N8O2/c1-15(2)14-31-11-5-4-6-22(31)32-21(28-29-30-32)10-7-16(3)34-18-8-9-19-17(12-18)13-20-23(25-19)27-24(33)26-20/h8-9,12-13,15-16,22H,4-7,10-11,14H2,1-3H3,(H2,25,26,27,33). The van der Waals surface area contributed by atoms with E-state index >= 15 is 0 Å². The third kappa shape index (κ3) is 4.82. The van der Waals surface area contributed by atoms with Gasteiger partial charge in [0.05, 0.1) is 17.1 Å². The lowest BCUT2D eigenvalue weighted by molar-refractivity contribution is 0.0691. The van der Waals surface area contributed by atoms with Gasteiger partial charge in [0, 0.05) is 24.9 Å². The van der Waals surface area contributed by atoms with E-state index in [0.717, 1.165) is 54.8 Å². The Morgan fingerprint density at radius 1 is 1.18 bits per heavy atom. The van der Waals surface area contributed by atoms with Crippen LogP contribution in [0.2, 0.25) is 0 Å². The topological polar surface area (TPSA) is 118 Å². The van der Waals surface area contributed by atoms with Crippen LogP contribution < -0.4 is 10.4 Å². The molecule has 1 saturated heterocycles. The summed E-state index contributed by atoms with van der Waals surface area (Å²) in [5.41, 5.74) is 1.79. The van der Waals surface area contributed by atoms with Crippen molar-refractivity contribution in [2.75, 3.05) is 13.1 Å². The van der Waals surface area contributed by atoms with Crippen LogP contribution in [0.4, 0.5) is 0 Å². The van der Waals surface area contributed by atoms with Crippen molar-refractivity contribution in [3.05, 3.63) is 40.6 Å². The molecule has 1 aliphatic heterocycles. The highest BCUT2D eigenvalue weighted by atomic mass is 16.5. The van der Waals surface area contributed by atoms with Crippen LogP contribution in [0.3, 0.4) is 0 Å². The minimum absolute atomic E-state index is 0.00974. The van der Waals surface area contributed by atoms with Gasteiger partial charge in [-0.2, -0.15) is 0 Å². The fourth-order valence-corrected chi connectivity index (χ4v) is 4.84. The number of piperidine rings is 1. The Labute approximate surface area is 197 Å². The molecule has 0 bridgehead atoms. The van der Waals surface area contributed by atoms with Gasteiger partial charge in [0.25, 0.3) is 0 Å². The lowest BCUT2D eigenvalue weighted by Gasteiger charge is -2.36. The number of ether oxygens (including phenoxy) is 1. The largest absolute Gasteiger partial charge is 0.491 e.